The van der Waals surface area contributed by atoms with Crippen LogP contribution in [0.2, 0.25) is 0 Å². The molecule has 0 amide bonds. The number of carbonyl (C=O) groups is 2. The third-order valence-electron chi connectivity index (χ3n) is 4.74. The number of ketones is 1. The molecular formula is C27H23BrO5. The molecule has 0 aliphatic heterocycles. The molecule has 0 atom stereocenters. The van der Waals surface area contributed by atoms with Crippen molar-refractivity contribution in [2.75, 3.05) is 14.2 Å². The van der Waals surface area contributed by atoms with Crippen molar-refractivity contribution in [2.45, 2.75) is 6.61 Å². The van der Waals surface area contributed by atoms with Crippen LogP contribution < -0.4 is 4.74 Å². The van der Waals surface area contributed by atoms with Crippen molar-refractivity contribution < 1.29 is 23.8 Å². The summed E-state index contributed by atoms with van der Waals surface area (Å²) < 4.78 is 16.8. The predicted molar refractivity (Wildman–Crippen MR) is 132 cm³/mol. The molecule has 0 aliphatic rings. The lowest BCUT2D eigenvalue weighted by Crippen LogP contribution is -2.08. The van der Waals surface area contributed by atoms with Gasteiger partial charge in [-0.25, -0.2) is 4.79 Å². The highest BCUT2D eigenvalue weighted by Gasteiger charge is 2.17. The average Bonchev–Trinajstić information content (AvgIpc) is 2.84. The van der Waals surface area contributed by atoms with Gasteiger partial charge in [0.1, 0.15) is 17.9 Å². The Morgan fingerprint density at radius 2 is 1.73 bits per heavy atom. The molecule has 0 heterocycles. The van der Waals surface area contributed by atoms with Crippen LogP contribution in [0, 0.1) is 0 Å². The molecule has 6 heteroatoms. The summed E-state index contributed by atoms with van der Waals surface area (Å²) in [6.07, 6.45) is 4.66. The summed E-state index contributed by atoms with van der Waals surface area (Å²) in [5.41, 5.74) is 3.16. The second-order valence-electron chi connectivity index (χ2n) is 6.99. The molecule has 0 N–H and O–H groups in total. The Morgan fingerprint density at radius 1 is 0.939 bits per heavy atom. The SMILES string of the molecule is CO/C=C(/C(=O)OC)c1ccccc1COc1cccc(C(=O)/C=C/c2cccc(Br)c2)c1. The van der Waals surface area contributed by atoms with Crippen LogP contribution in [-0.4, -0.2) is 26.0 Å². The highest BCUT2D eigenvalue weighted by molar-refractivity contribution is 9.10. The summed E-state index contributed by atoms with van der Waals surface area (Å²) in [6.45, 7) is 0.194. The summed E-state index contributed by atoms with van der Waals surface area (Å²) in [4.78, 5) is 24.8. The van der Waals surface area contributed by atoms with Crippen molar-refractivity contribution in [3.05, 3.63) is 112 Å². The van der Waals surface area contributed by atoms with E-state index in [1.165, 1.54) is 26.6 Å². The first-order valence-electron chi connectivity index (χ1n) is 10.1. The topological polar surface area (TPSA) is 61.8 Å². The van der Waals surface area contributed by atoms with Crippen LogP contribution in [0.25, 0.3) is 11.6 Å². The number of esters is 1. The monoisotopic (exact) mass is 506 g/mol. The lowest BCUT2D eigenvalue weighted by Gasteiger charge is -2.13. The van der Waals surface area contributed by atoms with E-state index in [1.54, 1.807) is 36.4 Å². The zero-order valence-corrected chi connectivity index (χ0v) is 19.9. The van der Waals surface area contributed by atoms with E-state index in [4.69, 9.17) is 14.2 Å². The molecule has 33 heavy (non-hydrogen) atoms. The normalized spacial score (nSPS) is 11.3. The zero-order chi connectivity index (χ0) is 23.6. The molecule has 0 aliphatic carbocycles. The molecule has 5 nitrogen and oxygen atoms in total. The van der Waals surface area contributed by atoms with Gasteiger partial charge in [0.05, 0.1) is 20.5 Å². The van der Waals surface area contributed by atoms with Crippen molar-refractivity contribution in [3.63, 3.8) is 0 Å². The van der Waals surface area contributed by atoms with Gasteiger partial charge in [0, 0.05) is 10.0 Å². The van der Waals surface area contributed by atoms with Crippen LogP contribution in [0.1, 0.15) is 27.0 Å². The van der Waals surface area contributed by atoms with Gasteiger partial charge in [-0.15, -0.1) is 0 Å². The van der Waals surface area contributed by atoms with Crippen LogP contribution in [-0.2, 0) is 20.9 Å². The van der Waals surface area contributed by atoms with Crippen LogP contribution in [0.15, 0.2) is 89.6 Å². The summed E-state index contributed by atoms with van der Waals surface area (Å²) in [6, 6.07) is 22.0. The summed E-state index contributed by atoms with van der Waals surface area (Å²) >= 11 is 3.42. The zero-order valence-electron chi connectivity index (χ0n) is 18.3. The Hall–Kier alpha value is -3.64. The first-order chi connectivity index (χ1) is 16.0. The Bertz CT molecular complexity index is 1200. The van der Waals surface area contributed by atoms with E-state index in [0.29, 0.717) is 22.4 Å². The van der Waals surface area contributed by atoms with E-state index in [9.17, 15) is 9.59 Å². The fourth-order valence-corrected chi connectivity index (χ4v) is 3.55. The number of ether oxygens (including phenoxy) is 3. The number of benzene rings is 3. The molecular weight excluding hydrogens is 484 g/mol. The summed E-state index contributed by atoms with van der Waals surface area (Å²) in [5.74, 6) is -0.0900. The molecule has 3 aromatic rings. The molecule has 0 aromatic heterocycles. The van der Waals surface area contributed by atoms with Gasteiger partial charge in [0.25, 0.3) is 0 Å². The molecule has 0 fully saturated rings. The maximum atomic E-state index is 12.6. The average molecular weight is 507 g/mol. The Labute approximate surface area is 201 Å². The Morgan fingerprint density at radius 3 is 2.48 bits per heavy atom. The third kappa shape index (κ3) is 6.67. The van der Waals surface area contributed by atoms with Crippen LogP contribution in [0.5, 0.6) is 5.75 Å². The van der Waals surface area contributed by atoms with E-state index in [2.05, 4.69) is 15.9 Å². The largest absolute Gasteiger partial charge is 0.503 e. The number of methoxy groups -OCH3 is 2. The minimum absolute atomic E-state index is 0.128. The van der Waals surface area contributed by atoms with E-state index in [1.807, 2.05) is 42.5 Å². The molecule has 3 rings (SSSR count). The van der Waals surface area contributed by atoms with E-state index >= 15 is 0 Å². The quantitative estimate of drug-likeness (QED) is 0.152. The van der Waals surface area contributed by atoms with Gasteiger partial charge in [-0.2, -0.15) is 0 Å². The molecule has 0 saturated heterocycles. The standard InChI is InChI=1S/C27H23BrO5/c1-31-18-25(27(30)32-2)24-12-4-3-8-21(24)17-33-23-11-6-9-20(16-23)26(29)14-13-19-7-5-10-22(28)15-19/h3-16,18H,17H2,1-2H3/b14-13+,25-18+. The Balaban J connectivity index is 1.75. The Kier molecular flexibility index (Phi) is 8.61. The summed E-state index contributed by atoms with van der Waals surface area (Å²) in [5, 5.41) is 0. The van der Waals surface area contributed by atoms with Gasteiger partial charge in [0.2, 0.25) is 0 Å². The first-order valence-corrected chi connectivity index (χ1v) is 10.9. The number of allylic oxidation sites excluding steroid dienone is 1. The van der Waals surface area contributed by atoms with E-state index in [0.717, 1.165) is 15.6 Å². The van der Waals surface area contributed by atoms with Gasteiger partial charge in [-0.1, -0.05) is 70.5 Å². The van der Waals surface area contributed by atoms with E-state index < -0.39 is 5.97 Å². The lowest BCUT2D eigenvalue weighted by atomic mass is 10.0. The van der Waals surface area contributed by atoms with Crippen molar-refractivity contribution in [1.82, 2.24) is 0 Å². The predicted octanol–water partition coefficient (Wildman–Crippen LogP) is 6.08. The first kappa shape index (κ1) is 24.0. The number of rotatable bonds is 9. The molecule has 0 spiro atoms. The maximum absolute atomic E-state index is 12.6. The van der Waals surface area contributed by atoms with Crippen LogP contribution >= 0.6 is 15.9 Å². The molecule has 3 aromatic carbocycles. The molecule has 0 radical (unpaired) electrons. The highest BCUT2D eigenvalue weighted by Crippen LogP contribution is 2.23. The van der Waals surface area contributed by atoms with Crippen molar-refractivity contribution in [2.24, 2.45) is 0 Å². The van der Waals surface area contributed by atoms with Gasteiger partial charge in [-0.3, -0.25) is 4.79 Å². The lowest BCUT2D eigenvalue weighted by molar-refractivity contribution is -0.133. The minimum Gasteiger partial charge on any atom is -0.503 e. The van der Waals surface area contributed by atoms with Crippen molar-refractivity contribution in [3.8, 4) is 5.75 Å². The van der Waals surface area contributed by atoms with Crippen molar-refractivity contribution >= 4 is 39.3 Å². The van der Waals surface area contributed by atoms with Gasteiger partial charge in [-0.05, 0) is 47.0 Å². The molecule has 0 unspecified atom stereocenters. The smallest absolute Gasteiger partial charge is 0.341 e. The van der Waals surface area contributed by atoms with Crippen LogP contribution in [0.4, 0.5) is 0 Å². The minimum atomic E-state index is -0.505. The number of halogens is 1. The van der Waals surface area contributed by atoms with Crippen LogP contribution in [0.3, 0.4) is 0 Å². The van der Waals surface area contributed by atoms with Crippen molar-refractivity contribution in [1.29, 1.82) is 0 Å². The molecule has 168 valence electrons. The second kappa shape index (κ2) is 11.8. The van der Waals surface area contributed by atoms with E-state index in [-0.39, 0.29) is 12.4 Å². The van der Waals surface area contributed by atoms with Gasteiger partial charge in [0.15, 0.2) is 5.78 Å². The third-order valence-corrected chi connectivity index (χ3v) is 5.23. The number of hydrogen-bond donors (Lipinski definition) is 0. The second-order valence-corrected chi connectivity index (χ2v) is 7.90. The number of hydrogen-bond acceptors (Lipinski definition) is 5. The van der Waals surface area contributed by atoms with Gasteiger partial charge < -0.3 is 14.2 Å². The number of carbonyl (C=O) groups excluding carboxylic acids is 2. The highest BCUT2D eigenvalue weighted by atomic mass is 79.9. The fraction of sp³-hybridized carbons (Fsp3) is 0.111. The maximum Gasteiger partial charge on any atom is 0.341 e. The molecule has 0 bridgehead atoms. The molecule has 0 saturated carbocycles. The fourth-order valence-electron chi connectivity index (χ4n) is 3.14. The summed E-state index contributed by atoms with van der Waals surface area (Å²) in [7, 11) is 2.79. The van der Waals surface area contributed by atoms with Gasteiger partial charge >= 0.3 is 5.97 Å².